The predicted octanol–water partition coefficient (Wildman–Crippen LogP) is 3.02. The lowest BCUT2D eigenvalue weighted by Crippen LogP contribution is -2.55. The maximum absolute atomic E-state index is 12.7. The van der Waals surface area contributed by atoms with Crippen molar-refractivity contribution in [1.29, 1.82) is 0 Å². The van der Waals surface area contributed by atoms with Crippen LogP contribution in [0.1, 0.15) is 38.2 Å². The quantitative estimate of drug-likeness (QED) is 0.920. The Morgan fingerprint density at radius 1 is 1.38 bits per heavy atom. The van der Waals surface area contributed by atoms with Crippen molar-refractivity contribution >= 4 is 12.1 Å². The fourth-order valence-corrected chi connectivity index (χ4v) is 3.75. The Labute approximate surface area is 141 Å². The fraction of sp³-hybridized carbons (Fsp3) is 0.556. The third-order valence-electron chi connectivity index (χ3n) is 4.88. The maximum Gasteiger partial charge on any atom is 0.413 e. The highest BCUT2D eigenvalue weighted by Gasteiger charge is 2.54. The first-order valence-electron chi connectivity index (χ1n) is 8.38. The summed E-state index contributed by atoms with van der Waals surface area (Å²) in [5.41, 5.74) is 0.0259. The summed E-state index contributed by atoms with van der Waals surface area (Å²) in [6.07, 6.45) is 2.67. The Hall–Kier alpha value is -2.08. The summed E-state index contributed by atoms with van der Waals surface area (Å²) in [5.74, 6) is -0.669. The number of carbonyl (C=O) groups is 2. The molecule has 6 nitrogen and oxygen atoms in total. The molecule has 3 rings (SSSR count). The predicted molar refractivity (Wildman–Crippen MR) is 86.2 cm³/mol. The van der Waals surface area contributed by atoms with Crippen LogP contribution in [0.15, 0.2) is 30.3 Å². The molecule has 130 valence electrons. The van der Waals surface area contributed by atoms with Gasteiger partial charge in [0.1, 0.15) is 12.3 Å². The van der Waals surface area contributed by atoms with Gasteiger partial charge in [-0.2, -0.15) is 0 Å². The summed E-state index contributed by atoms with van der Waals surface area (Å²) in [6, 6.07) is 8.36. The van der Waals surface area contributed by atoms with Crippen molar-refractivity contribution in [3.63, 3.8) is 0 Å². The number of hydrogen-bond acceptors (Lipinski definition) is 4. The Bertz CT molecular complexity index is 605. The molecule has 3 unspecified atom stereocenters. The third-order valence-corrected chi connectivity index (χ3v) is 4.88. The van der Waals surface area contributed by atoms with Crippen molar-refractivity contribution in [3.8, 4) is 0 Å². The molecular formula is C18H23NO5. The molecule has 2 aliphatic rings. The minimum Gasteiger partial charge on any atom is -0.480 e. The summed E-state index contributed by atoms with van der Waals surface area (Å²) in [7, 11) is 0. The van der Waals surface area contributed by atoms with Gasteiger partial charge < -0.3 is 14.6 Å². The topological polar surface area (TPSA) is 76.1 Å². The van der Waals surface area contributed by atoms with Gasteiger partial charge in [-0.3, -0.25) is 4.90 Å². The molecule has 1 aliphatic carbocycles. The number of ether oxygens (including phenoxy) is 2. The normalized spacial score (nSPS) is 29.6. The van der Waals surface area contributed by atoms with Crippen molar-refractivity contribution in [2.24, 2.45) is 5.92 Å². The van der Waals surface area contributed by atoms with E-state index in [1.165, 1.54) is 4.90 Å². The third kappa shape index (κ3) is 3.24. The Morgan fingerprint density at radius 3 is 2.79 bits per heavy atom. The van der Waals surface area contributed by atoms with Crippen LogP contribution in [0.2, 0.25) is 0 Å². The van der Waals surface area contributed by atoms with E-state index in [4.69, 9.17) is 9.47 Å². The number of aliphatic carboxylic acids is 1. The zero-order valence-corrected chi connectivity index (χ0v) is 13.8. The zero-order chi connectivity index (χ0) is 17.2. The Kier molecular flexibility index (Phi) is 4.76. The van der Waals surface area contributed by atoms with E-state index in [0.717, 1.165) is 18.4 Å². The smallest absolute Gasteiger partial charge is 0.413 e. The second-order valence-electron chi connectivity index (χ2n) is 6.72. The number of benzene rings is 1. The molecule has 1 amide bonds. The number of carboxylic acids is 1. The van der Waals surface area contributed by atoms with E-state index < -0.39 is 23.8 Å². The van der Waals surface area contributed by atoms with Gasteiger partial charge in [-0.15, -0.1) is 0 Å². The molecule has 6 heteroatoms. The highest BCUT2D eigenvalue weighted by Crippen LogP contribution is 2.43. The van der Waals surface area contributed by atoms with E-state index in [-0.39, 0.29) is 13.2 Å². The number of hydrogen-bond donors (Lipinski definition) is 1. The summed E-state index contributed by atoms with van der Waals surface area (Å²) >= 11 is 0. The van der Waals surface area contributed by atoms with Gasteiger partial charge in [0.05, 0.1) is 6.61 Å². The molecule has 24 heavy (non-hydrogen) atoms. The highest BCUT2D eigenvalue weighted by atomic mass is 16.6. The fourth-order valence-electron chi connectivity index (χ4n) is 3.75. The maximum atomic E-state index is 12.7. The van der Waals surface area contributed by atoms with Gasteiger partial charge in [-0.05, 0) is 30.7 Å². The van der Waals surface area contributed by atoms with Gasteiger partial charge in [-0.25, -0.2) is 9.59 Å². The molecule has 1 saturated carbocycles. The van der Waals surface area contributed by atoms with E-state index in [2.05, 4.69) is 6.92 Å². The van der Waals surface area contributed by atoms with E-state index >= 15 is 0 Å². The molecule has 2 fully saturated rings. The highest BCUT2D eigenvalue weighted by molar-refractivity contribution is 5.81. The number of rotatable bonds is 3. The molecule has 1 aromatic rings. The van der Waals surface area contributed by atoms with E-state index in [9.17, 15) is 14.7 Å². The van der Waals surface area contributed by atoms with Gasteiger partial charge in [-0.1, -0.05) is 43.7 Å². The lowest BCUT2D eigenvalue weighted by Gasteiger charge is -2.42. The number of amides is 1. The lowest BCUT2D eigenvalue weighted by molar-refractivity contribution is -0.145. The van der Waals surface area contributed by atoms with Crippen molar-refractivity contribution in [3.05, 3.63) is 35.9 Å². The first-order chi connectivity index (χ1) is 11.5. The van der Waals surface area contributed by atoms with Gasteiger partial charge in [0.2, 0.25) is 0 Å². The van der Waals surface area contributed by atoms with Gasteiger partial charge in [0, 0.05) is 0 Å². The van der Waals surface area contributed by atoms with Crippen molar-refractivity contribution in [2.45, 2.75) is 51.0 Å². The second-order valence-corrected chi connectivity index (χ2v) is 6.72. The number of carboxylic acid groups (broad SMARTS) is 1. The molecule has 0 radical (unpaired) electrons. The summed E-state index contributed by atoms with van der Waals surface area (Å²) < 4.78 is 11.3. The minimum absolute atomic E-state index is 0.0164. The molecule has 1 heterocycles. The molecule has 1 spiro atoms. The van der Waals surface area contributed by atoms with Crippen LogP contribution in [0.25, 0.3) is 0 Å². The van der Waals surface area contributed by atoms with Crippen LogP contribution >= 0.6 is 0 Å². The van der Waals surface area contributed by atoms with E-state index in [0.29, 0.717) is 18.8 Å². The number of carbonyl (C=O) groups excluding carboxylic acids is 1. The lowest BCUT2D eigenvalue weighted by atomic mass is 9.83. The Balaban J connectivity index is 1.77. The van der Waals surface area contributed by atoms with Crippen molar-refractivity contribution < 1.29 is 24.2 Å². The van der Waals surface area contributed by atoms with Crippen LogP contribution in [0.5, 0.6) is 0 Å². The van der Waals surface area contributed by atoms with E-state index in [1.807, 2.05) is 30.3 Å². The largest absolute Gasteiger partial charge is 0.480 e. The van der Waals surface area contributed by atoms with Crippen LogP contribution in [0, 0.1) is 5.92 Å². The summed E-state index contributed by atoms with van der Waals surface area (Å²) in [5, 5.41) is 9.47. The van der Waals surface area contributed by atoms with E-state index in [1.54, 1.807) is 0 Å². The SMILES string of the molecule is CC1CCCC2(C1)OCC(C(=O)O)N2C(=O)OCc1ccccc1. The molecule has 1 saturated heterocycles. The first kappa shape index (κ1) is 16.8. The van der Waals surface area contributed by atoms with Crippen LogP contribution in [-0.4, -0.2) is 40.4 Å². The Morgan fingerprint density at radius 2 is 2.12 bits per heavy atom. The van der Waals surface area contributed by atoms with Crippen LogP contribution in [-0.2, 0) is 20.9 Å². The zero-order valence-electron chi connectivity index (χ0n) is 13.8. The van der Waals surface area contributed by atoms with Crippen LogP contribution in [0.3, 0.4) is 0 Å². The standard InChI is InChI=1S/C18H23NO5/c1-13-6-5-9-18(10-13)19(15(12-24-18)16(20)21)17(22)23-11-14-7-3-2-4-8-14/h2-4,7-8,13,15H,5-6,9-12H2,1H3,(H,20,21). The van der Waals surface area contributed by atoms with Crippen LogP contribution < -0.4 is 0 Å². The summed E-state index contributed by atoms with van der Waals surface area (Å²) in [4.78, 5) is 25.6. The van der Waals surface area contributed by atoms with Crippen molar-refractivity contribution in [1.82, 2.24) is 4.90 Å². The molecule has 1 aromatic carbocycles. The molecule has 1 N–H and O–H groups in total. The van der Waals surface area contributed by atoms with Gasteiger partial charge in [0.25, 0.3) is 0 Å². The monoisotopic (exact) mass is 333 g/mol. The molecule has 0 aromatic heterocycles. The molecule has 1 aliphatic heterocycles. The minimum atomic E-state index is -1.05. The average molecular weight is 333 g/mol. The average Bonchev–Trinajstić information content (AvgIpc) is 2.92. The summed E-state index contributed by atoms with van der Waals surface area (Å²) in [6.45, 7) is 2.24. The molecule has 0 bridgehead atoms. The van der Waals surface area contributed by atoms with Gasteiger partial charge >= 0.3 is 12.1 Å². The van der Waals surface area contributed by atoms with Crippen LogP contribution in [0.4, 0.5) is 4.79 Å². The van der Waals surface area contributed by atoms with Crippen molar-refractivity contribution in [2.75, 3.05) is 6.61 Å². The first-order valence-corrected chi connectivity index (χ1v) is 8.38. The molecular weight excluding hydrogens is 310 g/mol. The van der Waals surface area contributed by atoms with Gasteiger partial charge in [0.15, 0.2) is 6.04 Å². The number of nitrogens with zero attached hydrogens (tertiary/aromatic N) is 1. The molecule has 3 atom stereocenters. The second kappa shape index (κ2) is 6.81.